The fourth-order valence-electron chi connectivity index (χ4n) is 1.65. The van der Waals surface area contributed by atoms with Crippen LogP contribution in [0.3, 0.4) is 0 Å². The highest BCUT2D eigenvalue weighted by molar-refractivity contribution is 5.91. The number of nitrogens with zero attached hydrogens (tertiary/aromatic N) is 1. The number of imidazole rings is 1. The van der Waals surface area contributed by atoms with Gasteiger partial charge in [0.2, 0.25) is 0 Å². The SMILES string of the molecule is CCCC(CCO)CNC(=O)c1cnc[nH]1. The molecule has 90 valence electrons. The molecule has 0 radical (unpaired) electrons. The van der Waals surface area contributed by atoms with E-state index in [0.29, 0.717) is 18.2 Å². The first kappa shape index (κ1) is 12.7. The van der Waals surface area contributed by atoms with Gasteiger partial charge >= 0.3 is 0 Å². The van der Waals surface area contributed by atoms with Crippen molar-refractivity contribution in [2.24, 2.45) is 5.92 Å². The number of H-pyrrole nitrogens is 1. The summed E-state index contributed by atoms with van der Waals surface area (Å²) in [5.74, 6) is 0.207. The second-order valence-electron chi connectivity index (χ2n) is 3.84. The van der Waals surface area contributed by atoms with Crippen molar-refractivity contribution in [2.45, 2.75) is 26.2 Å². The molecule has 16 heavy (non-hydrogen) atoms. The monoisotopic (exact) mass is 225 g/mol. The summed E-state index contributed by atoms with van der Waals surface area (Å²) < 4.78 is 0. The summed E-state index contributed by atoms with van der Waals surface area (Å²) in [5.41, 5.74) is 0.472. The van der Waals surface area contributed by atoms with Crippen LogP contribution >= 0.6 is 0 Å². The van der Waals surface area contributed by atoms with E-state index in [0.717, 1.165) is 19.3 Å². The molecule has 0 saturated carbocycles. The summed E-state index contributed by atoms with van der Waals surface area (Å²) in [4.78, 5) is 18.1. The number of hydrogen-bond donors (Lipinski definition) is 3. The molecule has 0 aromatic carbocycles. The second kappa shape index (κ2) is 7.00. The van der Waals surface area contributed by atoms with Crippen LogP contribution in [0, 0.1) is 5.92 Å². The summed E-state index contributed by atoms with van der Waals surface area (Å²) in [7, 11) is 0. The van der Waals surface area contributed by atoms with Crippen LogP contribution in [-0.2, 0) is 0 Å². The Kier molecular flexibility index (Phi) is 5.56. The Balaban J connectivity index is 2.34. The molecule has 5 nitrogen and oxygen atoms in total. The lowest BCUT2D eigenvalue weighted by Gasteiger charge is -2.15. The first-order valence-electron chi connectivity index (χ1n) is 5.65. The normalized spacial score (nSPS) is 12.4. The highest BCUT2D eigenvalue weighted by Gasteiger charge is 2.11. The van der Waals surface area contributed by atoms with Gasteiger partial charge in [0.1, 0.15) is 5.69 Å². The molecule has 0 aliphatic rings. The minimum absolute atomic E-state index is 0.142. The first-order valence-corrected chi connectivity index (χ1v) is 5.65. The van der Waals surface area contributed by atoms with Crippen LogP contribution in [0.25, 0.3) is 0 Å². The minimum Gasteiger partial charge on any atom is -0.396 e. The van der Waals surface area contributed by atoms with Gasteiger partial charge in [-0.15, -0.1) is 0 Å². The number of hydrogen-bond acceptors (Lipinski definition) is 3. The van der Waals surface area contributed by atoms with Gasteiger partial charge in [0, 0.05) is 13.2 Å². The molecule has 1 heterocycles. The molecule has 1 rings (SSSR count). The van der Waals surface area contributed by atoms with Crippen LogP contribution in [-0.4, -0.2) is 34.1 Å². The lowest BCUT2D eigenvalue weighted by Crippen LogP contribution is -2.30. The van der Waals surface area contributed by atoms with E-state index in [1.54, 1.807) is 0 Å². The van der Waals surface area contributed by atoms with E-state index in [1.165, 1.54) is 12.5 Å². The topological polar surface area (TPSA) is 78.0 Å². The molecule has 0 bridgehead atoms. The van der Waals surface area contributed by atoms with Crippen LogP contribution < -0.4 is 5.32 Å². The van der Waals surface area contributed by atoms with Crippen molar-refractivity contribution >= 4 is 5.91 Å². The van der Waals surface area contributed by atoms with Crippen LogP contribution in [0.15, 0.2) is 12.5 Å². The van der Waals surface area contributed by atoms with Gasteiger partial charge in [-0.3, -0.25) is 4.79 Å². The van der Waals surface area contributed by atoms with Gasteiger partial charge in [-0.25, -0.2) is 4.98 Å². The Bertz CT molecular complexity index is 292. The second-order valence-corrected chi connectivity index (χ2v) is 3.84. The van der Waals surface area contributed by atoms with Gasteiger partial charge in [0.25, 0.3) is 5.91 Å². The zero-order valence-corrected chi connectivity index (χ0v) is 9.57. The van der Waals surface area contributed by atoms with E-state index < -0.39 is 0 Å². The molecule has 0 aliphatic heterocycles. The Morgan fingerprint density at radius 3 is 3.00 bits per heavy atom. The molecule has 0 spiro atoms. The highest BCUT2D eigenvalue weighted by atomic mass is 16.3. The highest BCUT2D eigenvalue weighted by Crippen LogP contribution is 2.09. The Hall–Kier alpha value is -1.36. The fourth-order valence-corrected chi connectivity index (χ4v) is 1.65. The van der Waals surface area contributed by atoms with Gasteiger partial charge in [-0.05, 0) is 18.8 Å². The summed E-state index contributed by atoms with van der Waals surface area (Å²) in [6.45, 7) is 2.87. The standard InChI is InChI=1S/C11H19N3O2/c1-2-3-9(4-5-15)6-13-11(16)10-7-12-8-14-10/h7-9,15H,2-6H2,1H3,(H,12,14)(H,13,16). The average molecular weight is 225 g/mol. The van der Waals surface area contributed by atoms with Crippen molar-refractivity contribution in [1.29, 1.82) is 0 Å². The molecular formula is C11H19N3O2. The molecule has 0 aliphatic carbocycles. The molecule has 1 atom stereocenters. The molecule has 5 heteroatoms. The zero-order chi connectivity index (χ0) is 11.8. The van der Waals surface area contributed by atoms with Gasteiger partial charge in [0.05, 0.1) is 12.5 Å². The maximum atomic E-state index is 11.6. The largest absolute Gasteiger partial charge is 0.396 e. The van der Waals surface area contributed by atoms with Crippen molar-refractivity contribution < 1.29 is 9.90 Å². The van der Waals surface area contributed by atoms with E-state index in [2.05, 4.69) is 22.2 Å². The maximum Gasteiger partial charge on any atom is 0.269 e. The zero-order valence-electron chi connectivity index (χ0n) is 9.57. The van der Waals surface area contributed by atoms with Gasteiger partial charge in [-0.1, -0.05) is 13.3 Å². The van der Waals surface area contributed by atoms with Crippen molar-refractivity contribution in [2.75, 3.05) is 13.2 Å². The van der Waals surface area contributed by atoms with Crippen LogP contribution in [0.5, 0.6) is 0 Å². The van der Waals surface area contributed by atoms with E-state index in [9.17, 15) is 4.79 Å². The number of aliphatic hydroxyl groups is 1. The number of aromatic nitrogens is 2. The summed E-state index contributed by atoms with van der Waals surface area (Å²) >= 11 is 0. The molecule has 0 saturated heterocycles. The van der Waals surface area contributed by atoms with Crippen LogP contribution in [0.1, 0.15) is 36.7 Å². The molecule has 1 amide bonds. The summed E-state index contributed by atoms with van der Waals surface area (Å²) in [6.07, 6.45) is 5.79. The van der Waals surface area contributed by atoms with Gasteiger partial charge in [0.15, 0.2) is 0 Å². The maximum absolute atomic E-state index is 11.6. The Morgan fingerprint density at radius 2 is 2.44 bits per heavy atom. The number of rotatable bonds is 7. The van der Waals surface area contributed by atoms with Crippen LogP contribution in [0.2, 0.25) is 0 Å². The minimum atomic E-state index is -0.142. The van der Waals surface area contributed by atoms with Crippen molar-refractivity contribution in [3.63, 3.8) is 0 Å². The molecular weight excluding hydrogens is 206 g/mol. The third-order valence-corrected chi connectivity index (χ3v) is 2.53. The number of carbonyl (C=O) groups excluding carboxylic acids is 1. The van der Waals surface area contributed by atoms with E-state index in [-0.39, 0.29) is 12.5 Å². The molecule has 1 aromatic rings. The lowest BCUT2D eigenvalue weighted by molar-refractivity contribution is 0.0938. The van der Waals surface area contributed by atoms with E-state index in [4.69, 9.17) is 5.11 Å². The summed E-state index contributed by atoms with van der Waals surface area (Å²) in [5, 5.41) is 11.7. The quantitative estimate of drug-likeness (QED) is 0.646. The van der Waals surface area contributed by atoms with Crippen molar-refractivity contribution in [3.05, 3.63) is 18.2 Å². The number of amides is 1. The number of aliphatic hydroxyl groups excluding tert-OH is 1. The third-order valence-electron chi connectivity index (χ3n) is 2.53. The van der Waals surface area contributed by atoms with E-state index >= 15 is 0 Å². The first-order chi connectivity index (χ1) is 7.77. The van der Waals surface area contributed by atoms with Gasteiger partial charge < -0.3 is 15.4 Å². The molecule has 1 aromatic heterocycles. The average Bonchev–Trinajstić information content (AvgIpc) is 2.79. The smallest absolute Gasteiger partial charge is 0.269 e. The number of carbonyl (C=O) groups is 1. The van der Waals surface area contributed by atoms with Gasteiger partial charge in [-0.2, -0.15) is 0 Å². The number of nitrogens with one attached hydrogen (secondary N) is 2. The molecule has 3 N–H and O–H groups in total. The Labute approximate surface area is 95.3 Å². The predicted molar refractivity (Wildman–Crippen MR) is 61.0 cm³/mol. The Morgan fingerprint density at radius 1 is 1.62 bits per heavy atom. The fraction of sp³-hybridized carbons (Fsp3) is 0.636. The third kappa shape index (κ3) is 4.02. The molecule has 1 unspecified atom stereocenters. The van der Waals surface area contributed by atoms with Crippen LogP contribution in [0.4, 0.5) is 0 Å². The van der Waals surface area contributed by atoms with Crippen molar-refractivity contribution in [3.8, 4) is 0 Å². The molecule has 0 fully saturated rings. The predicted octanol–water partition coefficient (Wildman–Crippen LogP) is 0.938. The lowest BCUT2D eigenvalue weighted by atomic mass is 10.0. The van der Waals surface area contributed by atoms with Crippen molar-refractivity contribution in [1.82, 2.24) is 15.3 Å². The van der Waals surface area contributed by atoms with E-state index in [1.807, 2.05) is 0 Å². The number of aromatic amines is 1. The summed E-state index contributed by atoms with van der Waals surface area (Å²) in [6, 6.07) is 0.